The van der Waals surface area contributed by atoms with Gasteiger partial charge in [0, 0.05) is 39.8 Å². The highest BCUT2D eigenvalue weighted by atomic mass is 19.4. The van der Waals surface area contributed by atoms with E-state index in [2.05, 4.69) is 9.98 Å². The summed E-state index contributed by atoms with van der Waals surface area (Å²) in [6, 6.07) is 5.29. The molecule has 4 rings (SSSR count). The summed E-state index contributed by atoms with van der Waals surface area (Å²) in [6.45, 7) is 5.69. The van der Waals surface area contributed by atoms with Gasteiger partial charge >= 0.3 is 6.18 Å². The lowest BCUT2D eigenvalue weighted by molar-refractivity contribution is -0.138. The Morgan fingerprint density at radius 1 is 1.22 bits per heavy atom. The van der Waals surface area contributed by atoms with E-state index in [1.807, 2.05) is 12.1 Å². The van der Waals surface area contributed by atoms with Gasteiger partial charge in [0.15, 0.2) is 5.49 Å². The topological polar surface area (TPSA) is 72.5 Å². The number of nitrogens with zero attached hydrogens (tertiary/aromatic N) is 5. The summed E-state index contributed by atoms with van der Waals surface area (Å²) in [4.78, 5) is 35.9. The lowest BCUT2D eigenvalue weighted by atomic mass is 9.97. The van der Waals surface area contributed by atoms with Crippen LogP contribution in [0.5, 0.6) is 0 Å². The molecule has 1 atom stereocenters. The first-order chi connectivity index (χ1) is 16.9. The first-order valence-corrected chi connectivity index (χ1v) is 11.6. The zero-order valence-corrected chi connectivity index (χ0v) is 20.8. The first kappa shape index (κ1) is 25.4. The van der Waals surface area contributed by atoms with Crippen LogP contribution in [0.1, 0.15) is 48.7 Å². The number of aromatic nitrogens is 3. The maximum absolute atomic E-state index is 13.4. The van der Waals surface area contributed by atoms with E-state index in [1.165, 1.54) is 26.2 Å². The number of carbonyl (C=O) groups excluding carboxylic acids is 1. The second-order valence-corrected chi connectivity index (χ2v) is 9.10. The van der Waals surface area contributed by atoms with E-state index in [4.69, 9.17) is 0 Å². The Hall–Kier alpha value is -3.69. The normalized spacial score (nSPS) is 15.8. The van der Waals surface area contributed by atoms with Gasteiger partial charge in [-0.25, -0.2) is 4.98 Å². The molecule has 1 aromatic carbocycles. The molecule has 36 heavy (non-hydrogen) atoms. The van der Waals surface area contributed by atoms with E-state index in [9.17, 15) is 22.8 Å². The van der Waals surface area contributed by atoms with Crippen LogP contribution in [0, 0.1) is 6.92 Å². The molecule has 1 amide bonds. The molecule has 0 saturated heterocycles. The number of fused-ring (bicyclic) bond motifs is 1. The molecule has 3 heterocycles. The number of hydrogen-bond donors (Lipinski definition) is 0. The predicted octanol–water partition coefficient (Wildman–Crippen LogP) is 3.90. The second kappa shape index (κ2) is 9.40. The van der Waals surface area contributed by atoms with Gasteiger partial charge in [-0.2, -0.15) is 13.2 Å². The summed E-state index contributed by atoms with van der Waals surface area (Å²) in [5, 5.41) is 0.518. The number of carbonyl (C=O) groups is 1. The van der Waals surface area contributed by atoms with E-state index in [0.29, 0.717) is 41.7 Å². The number of pyridine rings is 1. The summed E-state index contributed by atoms with van der Waals surface area (Å²) in [7, 11) is 3.41. The van der Waals surface area contributed by atoms with Crippen LogP contribution in [0.3, 0.4) is 0 Å². The Kier molecular flexibility index (Phi) is 6.64. The molecule has 0 aliphatic carbocycles. The zero-order chi connectivity index (χ0) is 26.4. The molecule has 0 radical (unpaired) electrons. The van der Waals surface area contributed by atoms with Crippen LogP contribution in [-0.4, -0.2) is 38.0 Å². The van der Waals surface area contributed by atoms with Crippen molar-refractivity contribution in [3.05, 3.63) is 74.9 Å². The first-order valence-electron chi connectivity index (χ1n) is 11.6. The minimum atomic E-state index is -4.46. The van der Waals surface area contributed by atoms with Gasteiger partial charge in [-0.1, -0.05) is 18.2 Å². The summed E-state index contributed by atoms with van der Waals surface area (Å²) in [5.41, 5.74) is 1.94. The minimum absolute atomic E-state index is 0.00566. The van der Waals surface area contributed by atoms with Crippen molar-refractivity contribution in [3.63, 3.8) is 0 Å². The maximum atomic E-state index is 13.4. The Bertz CT molecular complexity index is 1510. The molecule has 10 heteroatoms. The summed E-state index contributed by atoms with van der Waals surface area (Å²) >= 11 is 0. The van der Waals surface area contributed by atoms with Crippen molar-refractivity contribution in [1.29, 1.82) is 0 Å². The minimum Gasteiger partial charge on any atom is -0.339 e. The van der Waals surface area contributed by atoms with Crippen molar-refractivity contribution in [3.8, 4) is 0 Å². The molecular formula is C26H28F3N5O2. The van der Waals surface area contributed by atoms with Crippen molar-refractivity contribution in [1.82, 2.24) is 19.0 Å². The predicted molar refractivity (Wildman–Crippen MR) is 131 cm³/mol. The highest BCUT2D eigenvalue weighted by Gasteiger charge is 2.33. The van der Waals surface area contributed by atoms with Crippen molar-refractivity contribution in [2.45, 2.75) is 39.4 Å². The Labute approximate surface area is 206 Å². The standard InChI is InChI=1S/C26H28F3N5O2/c1-15-19(7-6-8-21(15)26(27,28)29)16(2)31-24-20-13-22(18-9-11-34(12-10-18)17(3)35)33(5)25(36)23(20)32(4)14-30-24/h6-9,13-14,16H,10-12H2,1-5H3/t16-/m1/s1. The molecule has 0 bridgehead atoms. The van der Waals surface area contributed by atoms with Crippen LogP contribution >= 0.6 is 0 Å². The molecule has 0 saturated carbocycles. The van der Waals surface area contributed by atoms with Gasteiger partial charge in [0.25, 0.3) is 5.56 Å². The van der Waals surface area contributed by atoms with E-state index < -0.39 is 17.8 Å². The van der Waals surface area contributed by atoms with E-state index in [0.717, 1.165) is 11.6 Å². The fraction of sp³-hybridized carbons (Fsp3) is 0.385. The number of alkyl halides is 3. The lowest BCUT2D eigenvalue weighted by Crippen LogP contribution is -2.33. The smallest absolute Gasteiger partial charge is 0.339 e. The molecule has 1 aliphatic rings. The van der Waals surface area contributed by atoms with Crippen LogP contribution in [0.15, 0.2) is 46.5 Å². The number of aryl methyl sites for hydroxylation is 1. The van der Waals surface area contributed by atoms with Crippen molar-refractivity contribution < 1.29 is 18.0 Å². The number of rotatable bonds is 3. The molecule has 190 valence electrons. The van der Waals surface area contributed by atoms with Crippen LogP contribution in [0.4, 0.5) is 13.2 Å². The fourth-order valence-electron chi connectivity index (χ4n) is 4.73. The van der Waals surface area contributed by atoms with E-state index in [-0.39, 0.29) is 22.5 Å². The summed E-state index contributed by atoms with van der Waals surface area (Å²) in [5.74, 6) is -0.00566. The zero-order valence-electron chi connectivity index (χ0n) is 20.8. The molecule has 3 aromatic rings. The van der Waals surface area contributed by atoms with Gasteiger partial charge in [0.1, 0.15) is 5.52 Å². The number of hydrogen-bond acceptors (Lipinski definition) is 4. The average Bonchev–Trinajstić information content (AvgIpc) is 2.82. The Balaban J connectivity index is 1.89. The van der Waals surface area contributed by atoms with Crippen LogP contribution in [-0.2, 0) is 25.1 Å². The van der Waals surface area contributed by atoms with Crippen molar-refractivity contribution in [2.24, 2.45) is 19.1 Å². The van der Waals surface area contributed by atoms with Crippen LogP contribution in [0.2, 0.25) is 0 Å². The molecule has 0 fully saturated rings. The molecule has 1 aliphatic heterocycles. The highest BCUT2D eigenvalue weighted by molar-refractivity contribution is 5.82. The number of halogens is 3. The average molecular weight is 500 g/mol. The SMILES string of the molecule is CC(=O)N1CC=C(c2cc3c(=N[C@H](C)c4cccc(C(F)(F)F)c4C)ncn(C)c3c(=O)n2C)CC1. The van der Waals surface area contributed by atoms with Gasteiger partial charge in [-0.15, -0.1) is 0 Å². The van der Waals surface area contributed by atoms with Gasteiger partial charge < -0.3 is 14.0 Å². The van der Waals surface area contributed by atoms with Gasteiger partial charge in [-0.05, 0) is 49.1 Å². The van der Waals surface area contributed by atoms with E-state index >= 15 is 0 Å². The van der Waals surface area contributed by atoms with Crippen LogP contribution in [0.25, 0.3) is 16.5 Å². The van der Waals surface area contributed by atoms with Crippen molar-refractivity contribution in [2.75, 3.05) is 13.1 Å². The summed E-state index contributed by atoms with van der Waals surface area (Å²) in [6.07, 6.45) is -0.443. The molecular weight excluding hydrogens is 471 g/mol. The Morgan fingerprint density at radius 3 is 2.56 bits per heavy atom. The molecule has 0 spiro atoms. The molecule has 2 aromatic heterocycles. The third kappa shape index (κ3) is 4.59. The van der Waals surface area contributed by atoms with Crippen molar-refractivity contribution >= 4 is 22.4 Å². The summed E-state index contributed by atoms with van der Waals surface area (Å²) < 4.78 is 43.5. The maximum Gasteiger partial charge on any atom is 0.416 e. The quantitative estimate of drug-likeness (QED) is 0.549. The molecule has 0 unspecified atom stereocenters. The number of amides is 1. The second-order valence-electron chi connectivity index (χ2n) is 9.10. The highest BCUT2D eigenvalue weighted by Crippen LogP contribution is 2.35. The van der Waals surface area contributed by atoms with Gasteiger partial charge in [0.05, 0.1) is 23.3 Å². The van der Waals surface area contributed by atoms with E-state index in [1.54, 1.807) is 41.1 Å². The Morgan fingerprint density at radius 2 is 1.94 bits per heavy atom. The molecule has 0 N–H and O–H groups in total. The largest absolute Gasteiger partial charge is 0.416 e. The van der Waals surface area contributed by atoms with Gasteiger partial charge in [0.2, 0.25) is 5.91 Å². The third-order valence-electron chi connectivity index (χ3n) is 6.78. The molecule has 7 nitrogen and oxygen atoms in total. The fourth-order valence-corrected chi connectivity index (χ4v) is 4.73. The van der Waals surface area contributed by atoms with Crippen LogP contribution < -0.4 is 11.0 Å². The third-order valence-corrected chi connectivity index (χ3v) is 6.78. The van der Waals surface area contributed by atoms with Gasteiger partial charge in [-0.3, -0.25) is 14.6 Å². The monoisotopic (exact) mass is 499 g/mol. The number of benzene rings is 1. The lowest BCUT2D eigenvalue weighted by Gasteiger charge is -2.26.